The van der Waals surface area contributed by atoms with Crippen molar-refractivity contribution in [3.05, 3.63) is 117 Å². The summed E-state index contributed by atoms with van der Waals surface area (Å²) in [5.41, 5.74) is 11.6. The number of thiophene rings is 2. The largest absolute Gasteiger partial charge is 0.140 e. The van der Waals surface area contributed by atoms with Gasteiger partial charge in [-0.3, -0.25) is 0 Å². The van der Waals surface area contributed by atoms with Gasteiger partial charge in [0, 0.05) is 29.9 Å². The van der Waals surface area contributed by atoms with Crippen LogP contribution < -0.4 is 0 Å². The Morgan fingerprint density at radius 3 is 1.18 bits per heavy atom. The van der Waals surface area contributed by atoms with Gasteiger partial charge in [-0.2, -0.15) is 0 Å². The second-order valence-electron chi connectivity index (χ2n) is 11.4. The molecule has 0 amide bonds. The first-order valence-corrected chi connectivity index (χ1v) is 16.6. The van der Waals surface area contributed by atoms with E-state index in [1.54, 1.807) is 0 Å². The van der Waals surface area contributed by atoms with Crippen LogP contribution >= 0.6 is 22.7 Å². The Morgan fingerprint density at radius 2 is 0.800 bits per heavy atom. The standard InChI is InChI=1S/C38H36S2/c1-3-5-25-7-11-27(12-8-25)15-17-29-23-33-35(39-29)21-19-31-37(33)32-20-22-36-34(38(31)32)24-30(40-36)18-16-28-13-9-26(6-4-2)10-14-28/h7-14,19-24H,3-6,15-18H2,1-2H3. The fraction of sp³-hybridized carbons (Fsp3) is 0.263. The smallest absolute Gasteiger partial charge is 0.0352 e. The van der Waals surface area contributed by atoms with Crippen molar-refractivity contribution in [2.75, 3.05) is 0 Å². The highest BCUT2D eigenvalue weighted by molar-refractivity contribution is 7.19. The van der Waals surface area contributed by atoms with E-state index in [-0.39, 0.29) is 0 Å². The van der Waals surface area contributed by atoms with Gasteiger partial charge in [0.1, 0.15) is 0 Å². The molecule has 0 radical (unpaired) electrons. The van der Waals surface area contributed by atoms with E-state index in [4.69, 9.17) is 0 Å². The topological polar surface area (TPSA) is 0 Å². The average Bonchev–Trinajstić information content (AvgIpc) is 3.57. The first-order chi connectivity index (χ1) is 19.7. The molecular formula is C38H36S2. The van der Waals surface area contributed by atoms with Crippen molar-refractivity contribution in [1.82, 2.24) is 0 Å². The van der Waals surface area contributed by atoms with E-state index in [2.05, 4.69) is 98.8 Å². The summed E-state index contributed by atoms with van der Waals surface area (Å²) >= 11 is 3.95. The van der Waals surface area contributed by atoms with E-state index in [0.717, 1.165) is 25.7 Å². The molecule has 0 saturated heterocycles. The van der Waals surface area contributed by atoms with Gasteiger partial charge in [-0.25, -0.2) is 0 Å². The highest BCUT2D eigenvalue weighted by atomic mass is 32.1. The Kier molecular flexibility index (Phi) is 7.08. The molecule has 0 bridgehead atoms. The molecule has 0 aliphatic heterocycles. The number of fused-ring (bicyclic) bond motifs is 8. The monoisotopic (exact) mass is 556 g/mol. The van der Waals surface area contributed by atoms with Gasteiger partial charge in [0.2, 0.25) is 0 Å². The van der Waals surface area contributed by atoms with Crippen LogP contribution in [-0.2, 0) is 38.5 Å². The first-order valence-electron chi connectivity index (χ1n) is 15.0. The van der Waals surface area contributed by atoms with Gasteiger partial charge in [0.25, 0.3) is 0 Å². The first kappa shape index (κ1) is 25.7. The maximum atomic E-state index is 2.47. The highest BCUT2D eigenvalue weighted by Gasteiger charge is 2.28. The zero-order chi connectivity index (χ0) is 27.1. The maximum Gasteiger partial charge on any atom is 0.0352 e. The Morgan fingerprint density at radius 1 is 0.425 bits per heavy atom. The molecule has 6 aromatic rings. The van der Waals surface area contributed by atoms with Crippen LogP contribution in [-0.4, -0.2) is 0 Å². The van der Waals surface area contributed by atoms with Gasteiger partial charge in [0.15, 0.2) is 0 Å². The van der Waals surface area contributed by atoms with Gasteiger partial charge in [-0.15, -0.1) is 22.7 Å². The van der Waals surface area contributed by atoms with E-state index < -0.39 is 0 Å². The summed E-state index contributed by atoms with van der Waals surface area (Å²) < 4.78 is 2.85. The molecule has 2 heterocycles. The van der Waals surface area contributed by atoms with Crippen LogP contribution in [0.25, 0.3) is 42.4 Å². The third-order valence-electron chi connectivity index (χ3n) is 8.49. The molecule has 1 aliphatic carbocycles. The van der Waals surface area contributed by atoms with Crippen molar-refractivity contribution < 1.29 is 0 Å². The fourth-order valence-corrected chi connectivity index (χ4v) is 8.51. The van der Waals surface area contributed by atoms with Crippen LogP contribution in [0.3, 0.4) is 0 Å². The zero-order valence-electron chi connectivity index (χ0n) is 23.6. The summed E-state index contributed by atoms with van der Waals surface area (Å²) in [6.45, 7) is 4.50. The number of rotatable bonds is 10. The summed E-state index contributed by atoms with van der Waals surface area (Å²) in [7, 11) is 0. The van der Waals surface area contributed by atoms with Gasteiger partial charge >= 0.3 is 0 Å². The Bertz CT molecular complexity index is 1650. The van der Waals surface area contributed by atoms with Gasteiger partial charge in [-0.05, 0) is 107 Å². The minimum Gasteiger partial charge on any atom is -0.140 e. The molecule has 0 unspecified atom stereocenters. The molecule has 0 fully saturated rings. The Hall–Kier alpha value is -3.20. The van der Waals surface area contributed by atoms with Gasteiger partial charge in [-0.1, -0.05) is 87.4 Å². The van der Waals surface area contributed by atoms with Gasteiger partial charge < -0.3 is 0 Å². The van der Waals surface area contributed by atoms with Crippen LogP contribution in [0.1, 0.15) is 58.7 Å². The quantitative estimate of drug-likeness (QED) is 0.157. The van der Waals surface area contributed by atoms with Crippen molar-refractivity contribution in [2.45, 2.75) is 65.2 Å². The maximum absolute atomic E-state index is 2.47. The molecule has 0 nitrogen and oxygen atoms in total. The molecule has 2 aromatic heterocycles. The number of aryl methyl sites for hydroxylation is 6. The zero-order valence-corrected chi connectivity index (χ0v) is 25.2. The number of hydrogen-bond donors (Lipinski definition) is 0. The van der Waals surface area contributed by atoms with E-state index in [1.807, 2.05) is 22.7 Å². The van der Waals surface area contributed by atoms with Crippen molar-refractivity contribution in [3.8, 4) is 22.3 Å². The van der Waals surface area contributed by atoms with Crippen LogP contribution in [0.2, 0.25) is 0 Å². The lowest BCUT2D eigenvalue weighted by Gasteiger charge is -2.25. The minimum absolute atomic E-state index is 1.11. The van der Waals surface area contributed by atoms with Crippen LogP contribution in [0.4, 0.5) is 0 Å². The van der Waals surface area contributed by atoms with Gasteiger partial charge in [0.05, 0.1) is 0 Å². The second-order valence-corrected chi connectivity index (χ2v) is 13.7. The van der Waals surface area contributed by atoms with Crippen molar-refractivity contribution >= 4 is 42.8 Å². The second kappa shape index (κ2) is 11.0. The summed E-state index contributed by atoms with van der Waals surface area (Å²) in [4.78, 5) is 2.99. The molecule has 4 aromatic carbocycles. The third kappa shape index (κ3) is 4.82. The molecule has 1 aliphatic rings. The van der Waals surface area contributed by atoms with Crippen molar-refractivity contribution in [3.63, 3.8) is 0 Å². The van der Waals surface area contributed by atoms with Crippen LogP contribution in [0.15, 0.2) is 84.9 Å². The molecular weight excluding hydrogens is 521 g/mol. The average molecular weight is 557 g/mol. The molecule has 7 rings (SSSR count). The predicted molar refractivity (Wildman–Crippen MR) is 177 cm³/mol. The number of hydrogen-bond acceptors (Lipinski definition) is 2. The van der Waals surface area contributed by atoms with E-state index >= 15 is 0 Å². The summed E-state index contributed by atoms with van der Waals surface area (Å²) in [6, 6.07) is 33.0. The minimum atomic E-state index is 1.11. The fourth-order valence-electron chi connectivity index (χ4n) is 6.37. The predicted octanol–water partition coefficient (Wildman–Crippen LogP) is 11.2. The van der Waals surface area contributed by atoms with E-state index in [0.29, 0.717) is 0 Å². The van der Waals surface area contributed by atoms with Crippen molar-refractivity contribution in [2.24, 2.45) is 0 Å². The van der Waals surface area contributed by atoms with Crippen LogP contribution in [0.5, 0.6) is 0 Å². The molecule has 0 saturated carbocycles. The highest BCUT2D eigenvalue weighted by Crippen LogP contribution is 2.55. The van der Waals surface area contributed by atoms with E-state index in [9.17, 15) is 0 Å². The van der Waals surface area contributed by atoms with Crippen LogP contribution in [0, 0.1) is 0 Å². The lowest BCUT2D eigenvalue weighted by atomic mass is 9.77. The lowest BCUT2D eigenvalue weighted by molar-refractivity contribution is 0.916. The number of benzene rings is 4. The van der Waals surface area contributed by atoms with Crippen molar-refractivity contribution in [1.29, 1.82) is 0 Å². The normalized spacial score (nSPS) is 12.1. The SMILES string of the molecule is CCCc1ccc(CCc2cc3c4c(ccc3s2)-c2c-4ccc3sc(CCc4ccc(CCC)cc4)cc23)cc1. The molecule has 0 spiro atoms. The molecule has 0 N–H and O–H groups in total. The summed E-state index contributed by atoms with van der Waals surface area (Å²) in [6.07, 6.45) is 9.22. The summed E-state index contributed by atoms with van der Waals surface area (Å²) in [5.74, 6) is 0. The molecule has 40 heavy (non-hydrogen) atoms. The summed E-state index contributed by atoms with van der Waals surface area (Å²) in [5, 5.41) is 2.90. The Balaban J connectivity index is 1.09. The van der Waals surface area contributed by atoms with E-state index in [1.165, 1.54) is 100 Å². The Labute approximate surface area is 246 Å². The third-order valence-corrected chi connectivity index (χ3v) is 10.8. The molecule has 200 valence electrons. The molecule has 2 heteroatoms. The lowest BCUT2D eigenvalue weighted by Crippen LogP contribution is -1.99. The molecule has 0 atom stereocenters.